The Bertz CT molecular complexity index is 365. The Kier molecular flexibility index (Phi) is 4.67. The first-order valence-electron chi connectivity index (χ1n) is 7.06. The lowest BCUT2D eigenvalue weighted by Gasteiger charge is -2.35. The van der Waals surface area contributed by atoms with Crippen LogP contribution in [0.3, 0.4) is 0 Å². The topological polar surface area (TPSA) is 52.6 Å². The number of carbonyl (C=O) groups excluding carboxylic acids is 1. The van der Waals surface area contributed by atoms with Gasteiger partial charge in [0, 0.05) is 5.54 Å². The van der Waals surface area contributed by atoms with Crippen molar-refractivity contribution in [3.05, 3.63) is 11.3 Å². The number of allylic oxidation sites excluding steroid dienone is 1. The molecule has 110 valence electrons. The lowest BCUT2D eigenvalue weighted by Crippen LogP contribution is -2.48. The van der Waals surface area contributed by atoms with Crippen molar-refractivity contribution in [2.75, 3.05) is 0 Å². The van der Waals surface area contributed by atoms with Gasteiger partial charge < -0.3 is 5.32 Å². The Morgan fingerprint density at radius 2 is 1.58 bits per heavy atom. The van der Waals surface area contributed by atoms with Crippen LogP contribution in [0.1, 0.15) is 67.2 Å². The third-order valence-corrected chi connectivity index (χ3v) is 3.09. The van der Waals surface area contributed by atoms with Crippen LogP contribution in [0.2, 0.25) is 0 Å². The highest BCUT2D eigenvalue weighted by Gasteiger charge is 2.31. The zero-order chi connectivity index (χ0) is 14.8. The molecule has 0 aromatic carbocycles. The Balaban J connectivity index is 3.07. The van der Waals surface area contributed by atoms with E-state index in [1.165, 1.54) is 0 Å². The van der Waals surface area contributed by atoms with Gasteiger partial charge in [-0.05, 0) is 72.8 Å². The van der Waals surface area contributed by atoms with Crippen LogP contribution in [0.5, 0.6) is 0 Å². The van der Waals surface area contributed by atoms with E-state index in [0.29, 0.717) is 5.70 Å². The number of hydrogen-bond donors (Lipinski definition) is 2. The van der Waals surface area contributed by atoms with Gasteiger partial charge in [0.1, 0.15) is 5.70 Å². The highest BCUT2D eigenvalue weighted by molar-refractivity contribution is 5.94. The molecule has 0 radical (unpaired) electrons. The lowest BCUT2D eigenvalue weighted by molar-refractivity contribution is -0.146. The van der Waals surface area contributed by atoms with E-state index < -0.39 is 5.54 Å². The molecule has 1 amide bonds. The van der Waals surface area contributed by atoms with Gasteiger partial charge >= 0.3 is 0 Å². The summed E-state index contributed by atoms with van der Waals surface area (Å²) in [6, 6.07) is 0. The molecular formula is C15H28N2O2. The molecule has 2 N–H and O–H groups in total. The lowest BCUT2D eigenvalue weighted by atomic mass is 10.0. The third-order valence-electron chi connectivity index (χ3n) is 3.09. The molecule has 0 aliphatic heterocycles. The van der Waals surface area contributed by atoms with Crippen molar-refractivity contribution in [2.24, 2.45) is 0 Å². The Morgan fingerprint density at radius 3 is 1.95 bits per heavy atom. The molecule has 1 rings (SSSR count). The van der Waals surface area contributed by atoms with Crippen molar-refractivity contribution in [3.8, 4) is 0 Å². The van der Waals surface area contributed by atoms with Crippen molar-refractivity contribution in [1.82, 2.24) is 10.4 Å². The van der Waals surface area contributed by atoms with Crippen LogP contribution in [0, 0.1) is 0 Å². The number of hydroxylamine groups is 2. The molecule has 0 saturated heterocycles. The van der Waals surface area contributed by atoms with Gasteiger partial charge in [-0.3, -0.25) is 10.0 Å². The number of nitrogens with one attached hydrogen (secondary N) is 1. The van der Waals surface area contributed by atoms with E-state index in [4.69, 9.17) is 0 Å². The summed E-state index contributed by atoms with van der Waals surface area (Å²) in [6.45, 7) is 11.5. The predicted molar refractivity (Wildman–Crippen MR) is 76.8 cm³/mol. The first-order valence-corrected chi connectivity index (χ1v) is 7.06. The molecule has 0 unspecified atom stereocenters. The largest absolute Gasteiger partial charge is 0.346 e. The van der Waals surface area contributed by atoms with E-state index in [9.17, 15) is 10.0 Å². The predicted octanol–water partition coefficient (Wildman–Crippen LogP) is 3.22. The normalized spacial score (nSPS) is 16.5. The number of carbonyl (C=O) groups is 1. The minimum Gasteiger partial charge on any atom is -0.346 e. The summed E-state index contributed by atoms with van der Waals surface area (Å²) < 4.78 is 0. The fourth-order valence-electron chi connectivity index (χ4n) is 2.18. The van der Waals surface area contributed by atoms with Gasteiger partial charge in [0.2, 0.25) is 0 Å². The van der Waals surface area contributed by atoms with Crippen molar-refractivity contribution in [1.29, 1.82) is 0 Å². The Labute approximate surface area is 116 Å². The van der Waals surface area contributed by atoms with Gasteiger partial charge in [-0.2, -0.15) is 0 Å². The Morgan fingerprint density at radius 1 is 1.11 bits per heavy atom. The molecule has 0 aromatic heterocycles. The van der Waals surface area contributed by atoms with Crippen LogP contribution >= 0.6 is 0 Å². The molecule has 0 bridgehead atoms. The summed E-state index contributed by atoms with van der Waals surface area (Å²) in [4.78, 5) is 12.5. The van der Waals surface area contributed by atoms with Gasteiger partial charge in [0.25, 0.3) is 5.91 Å². The molecule has 0 spiro atoms. The zero-order valence-electron chi connectivity index (χ0n) is 13.1. The molecule has 4 nitrogen and oxygen atoms in total. The third kappa shape index (κ3) is 4.53. The van der Waals surface area contributed by atoms with Crippen LogP contribution in [0.25, 0.3) is 0 Å². The molecule has 1 aliphatic rings. The van der Waals surface area contributed by atoms with E-state index in [1.807, 2.05) is 41.5 Å². The van der Waals surface area contributed by atoms with Crippen LogP contribution in [0.15, 0.2) is 11.3 Å². The second-order valence-electron chi connectivity index (χ2n) is 7.35. The molecule has 0 aromatic rings. The zero-order valence-corrected chi connectivity index (χ0v) is 13.1. The molecule has 1 aliphatic carbocycles. The molecule has 0 heterocycles. The van der Waals surface area contributed by atoms with Crippen LogP contribution in [-0.4, -0.2) is 27.3 Å². The van der Waals surface area contributed by atoms with Crippen LogP contribution in [0.4, 0.5) is 0 Å². The summed E-state index contributed by atoms with van der Waals surface area (Å²) in [5.41, 5.74) is 0.722. The minimum absolute atomic E-state index is 0.179. The SMILES string of the molecule is CC(C)(C)NC(=O)C(=C1CCCC1)N(O)C(C)(C)C. The second kappa shape index (κ2) is 5.53. The maximum Gasteiger partial charge on any atom is 0.270 e. The maximum atomic E-state index is 12.5. The number of amides is 1. The summed E-state index contributed by atoms with van der Waals surface area (Å²) in [5.74, 6) is -0.179. The fraction of sp³-hybridized carbons (Fsp3) is 0.800. The molecular weight excluding hydrogens is 240 g/mol. The van der Waals surface area contributed by atoms with Crippen molar-refractivity contribution in [2.45, 2.75) is 78.3 Å². The Hall–Kier alpha value is -1.03. The van der Waals surface area contributed by atoms with E-state index in [2.05, 4.69) is 5.32 Å². The monoisotopic (exact) mass is 268 g/mol. The highest BCUT2D eigenvalue weighted by Crippen LogP contribution is 2.31. The first-order chi connectivity index (χ1) is 8.52. The van der Waals surface area contributed by atoms with Crippen LogP contribution < -0.4 is 5.32 Å². The standard InChI is InChI=1S/C15H28N2O2/c1-14(2,3)16-13(18)12(11-9-7-8-10-11)17(19)15(4,5)6/h19H,7-10H2,1-6H3,(H,16,18). The van der Waals surface area contributed by atoms with Crippen molar-refractivity contribution >= 4 is 5.91 Å². The van der Waals surface area contributed by atoms with Crippen molar-refractivity contribution in [3.63, 3.8) is 0 Å². The molecule has 0 atom stereocenters. The summed E-state index contributed by atoms with van der Waals surface area (Å²) in [6.07, 6.45) is 4.00. The molecule has 1 fully saturated rings. The molecule has 4 heteroatoms. The quantitative estimate of drug-likeness (QED) is 0.597. The van der Waals surface area contributed by atoms with Gasteiger partial charge in [-0.1, -0.05) is 0 Å². The van der Waals surface area contributed by atoms with Gasteiger partial charge in [0.05, 0.1) is 5.54 Å². The number of rotatable bonds is 2. The second-order valence-corrected chi connectivity index (χ2v) is 7.35. The van der Waals surface area contributed by atoms with Gasteiger partial charge in [-0.25, -0.2) is 5.06 Å². The summed E-state index contributed by atoms with van der Waals surface area (Å²) in [5, 5.41) is 14.5. The van der Waals surface area contributed by atoms with Crippen molar-refractivity contribution < 1.29 is 10.0 Å². The average Bonchev–Trinajstić information content (AvgIpc) is 2.66. The summed E-state index contributed by atoms with van der Waals surface area (Å²) in [7, 11) is 0. The highest BCUT2D eigenvalue weighted by atomic mass is 16.5. The fourth-order valence-corrected chi connectivity index (χ4v) is 2.18. The van der Waals surface area contributed by atoms with E-state index in [-0.39, 0.29) is 11.4 Å². The van der Waals surface area contributed by atoms with E-state index >= 15 is 0 Å². The minimum atomic E-state index is -0.486. The maximum absolute atomic E-state index is 12.5. The van der Waals surface area contributed by atoms with Gasteiger partial charge in [-0.15, -0.1) is 0 Å². The summed E-state index contributed by atoms with van der Waals surface area (Å²) >= 11 is 0. The van der Waals surface area contributed by atoms with E-state index in [1.54, 1.807) is 0 Å². The number of nitrogens with zero attached hydrogens (tertiary/aromatic N) is 1. The average molecular weight is 268 g/mol. The van der Waals surface area contributed by atoms with Crippen LogP contribution in [-0.2, 0) is 4.79 Å². The van der Waals surface area contributed by atoms with Gasteiger partial charge in [0.15, 0.2) is 0 Å². The molecule has 1 saturated carbocycles. The number of hydrogen-bond acceptors (Lipinski definition) is 3. The first kappa shape index (κ1) is 16.0. The smallest absolute Gasteiger partial charge is 0.270 e. The molecule has 19 heavy (non-hydrogen) atoms. The van der Waals surface area contributed by atoms with E-state index in [0.717, 1.165) is 36.3 Å².